The molecule has 7 heteroatoms. The number of carbonyl (C=O) groups excluding carboxylic acids is 2. The number of hydrogen-bond donors (Lipinski definition) is 0. The van der Waals surface area contributed by atoms with Gasteiger partial charge in [0.2, 0.25) is 5.91 Å². The zero-order valence-corrected chi connectivity index (χ0v) is 15.3. The Bertz CT molecular complexity index is 665. The standard InChI is InChI=1S/C18H23N3O3S/c1-3-8-13(9-4-2)19-20-18-21(14-10-6-5-7-11-14)17(24)15(25-18)12-16(22)23/h5-7,10-11,15H,3-4,8-9,12H2,1-2H3,(H,22,23)/p-1/b20-18+/t15-/m0/s1. The summed E-state index contributed by atoms with van der Waals surface area (Å²) in [5, 5.41) is 19.2. The molecule has 0 N–H and O–H groups in total. The summed E-state index contributed by atoms with van der Waals surface area (Å²) in [6, 6.07) is 9.07. The van der Waals surface area contributed by atoms with Gasteiger partial charge in [-0.3, -0.25) is 9.69 Å². The molecule has 1 saturated heterocycles. The van der Waals surface area contributed by atoms with E-state index < -0.39 is 11.2 Å². The molecule has 0 bridgehead atoms. The molecule has 0 saturated carbocycles. The van der Waals surface area contributed by atoms with Crippen LogP contribution in [0.15, 0.2) is 40.5 Å². The smallest absolute Gasteiger partial charge is 0.247 e. The molecule has 0 spiro atoms. The number of amidine groups is 1. The summed E-state index contributed by atoms with van der Waals surface area (Å²) in [5.41, 5.74) is 1.64. The third kappa shape index (κ3) is 5.16. The van der Waals surface area contributed by atoms with Crippen molar-refractivity contribution < 1.29 is 14.7 Å². The molecule has 6 nitrogen and oxygen atoms in total. The van der Waals surface area contributed by atoms with Gasteiger partial charge in [0.1, 0.15) is 0 Å². The average molecular weight is 360 g/mol. The first kappa shape index (κ1) is 19.2. The van der Waals surface area contributed by atoms with Crippen molar-refractivity contribution in [2.75, 3.05) is 4.90 Å². The van der Waals surface area contributed by atoms with Crippen LogP contribution in [0.5, 0.6) is 0 Å². The molecule has 0 aliphatic carbocycles. The lowest BCUT2D eigenvalue weighted by Crippen LogP contribution is -2.35. The molecule has 0 aromatic heterocycles. The van der Waals surface area contributed by atoms with Gasteiger partial charge < -0.3 is 9.90 Å². The molecule has 1 aromatic rings. The zero-order chi connectivity index (χ0) is 18.2. The Hall–Kier alpha value is -2.15. The highest BCUT2D eigenvalue weighted by atomic mass is 32.2. The zero-order valence-electron chi connectivity index (χ0n) is 14.5. The molecule has 1 aliphatic rings. The number of nitrogens with zero attached hydrogens (tertiary/aromatic N) is 3. The predicted octanol–water partition coefficient (Wildman–Crippen LogP) is 2.59. The van der Waals surface area contributed by atoms with Gasteiger partial charge in [-0.1, -0.05) is 56.7 Å². The van der Waals surface area contributed by atoms with Gasteiger partial charge in [-0.15, -0.1) is 5.10 Å². The maximum absolute atomic E-state index is 12.6. The lowest BCUT2D eigenvalue weighted by molar-refractivity contribution is -0.305. The summed E-state index contributed by atoms with van der Waals surface area (Å²) in [5.74, 6) is -1.55. The summed E-state index contributed by atoms with van der Waals surface area (Å²) >= 11 is 1.13. The van der Waals surface area contributed by atoms with Crippen molar-refractivity contribution in [2.45, 2.75) is 51.2 Å². The molecule has 1 aromatic carbocycles. The second kappa shape index (κ2) is 9.36. The van der Waals surface area contributed by atoms with E-state index in [2.05, 4.69) is 24.1 Å². The maximum Gasteiger partial charge on any atom is 0.247 e. The molecule has 2 rings (SSSR count). The van der Waals surface area contributed by atoms with Crippen molar-refractivity contribution in [1.82, 2.24) is 0 Å². The van der Waals surface area contributed by atoms with Gasteiger partial charge in [-0.25, -0.2) is 0 Å². The first-order chi connectivity index (χ1) is 12.1. The third-order valence-electron chi connectivity index (χ3n) is 3.66. The number of thioether (sulfide) groups is 1. The van der Waals surface area contributed by atoms with E-state index in [0.29, 0.717) is 10.9 Å². The summed E-state index contributed by atoms with van der Waals surface area (Å²) in [7, 11) is 0. The van der Waals surface area contributed by atoms with E-state index in [9.17, 15) is 14.7 Å². The minimum absolute atomic E-state index is 0.304. The van der Waals surface area contributed by atoms with Crippen molar-refractivity contribution in [1.29, 1.82) is 0 Å². The average Bonchev–Trinajstić information content (AvgIpc) is 2.89. The molecule has 25 heavy (non-hydrogen) atoms. The Labute approximate surface area is 152 Å². The van der Waals surface area contributed by atoms with Crippen LogP contribution in [-0.2, 0) is 9.59 Å². The van der Waals surface area contributed by atoms with Gasteiger partial charge in [-0.05, 0) is 25.0 Å². The molecule has 134 valence electrons. The quantitative estimate of drug-likeness (QED) is 0.527. The SMILES string of the molecule is CCCC(CCC)=N/N=C1/S[C@@H](CC(=O)[O-])C(=O)N1c1ccccc1. The fraction of sp³-hybridized carbons (Fsp3) is 0.444. The Kier molecular flexibility index (Phi) is 7.18. The minimum Gasteiger partial charge on any atom is -0.550 e. The Morgan fingerprint density at radius 1 is 1.20 bits per heavy atom. The van der Waals surface area contributed by atoms with E-state index in [4.69, 9.17) is 0 Å². The fourth-order valence-corrected chi connectivity index (χ4v) is 3.62. The van der Waals surface area contributed by atoms with Gasteiger partial charge in [0.25, 0.3) is 0 Å². The minimum atomic E-state index is -1.25. The molecule has 1 amide bonds. The van der Waals surface area contributed by atoms with Crippen molar-refractivity contribution >= 4 is 40.2 Å². The fourth-order valence-electron chi connectivity index (χ4n) is 2.55. The number of benzene rings is 1. The molecule has 1 fully saturated rings. The summed E-state index contributed by atoms with van der Waals surface area (Å²) in [4.78, 5) is 25.0. The van der Waals surface area contributed by atoms with Crippen molar-refractivity contribution in [2.24, 2.45) is 10.2 Å². The monoisotopic (exact) mass is 360 g/mol. The van der Waals surface area contributed by atoms with Gasteiger partial charge in [-0.2, -0.15) is 5.10 Å². The summed E-state index contributed by atoms with van der Waals surface area (Å²) in [6.07, 6.45) is 3.33. The van der Waals surface area contributed by atoms with Crippen LogP contribution < -0.4 is 10.0 Å². The highest BCUT2D eigenvalue weighted by Gasteiger charge is 2.39. The Balaban J connectivity index is 2.34. The van der Waals surface area contributed by atoms with Crippen LogP contribution in [0.2, 0.25) is 0 Å². The number of hydrogen-bond acceptors (Lipinski definition) is 6. The lowest BCUT2D eigenvalue weighted by Gasteiger charge is -2.15. The number of carboxylic acids is 1. The van der Waals surface area contributed by atoms with E-state index in [0.717, 1.165) is 43.2 Å². The van der Waals surface area contributed by atoms with Crippen molar-refractivity contribution in [3.63, 3.8) is 0 Å². The van der Waals surface area contributed by atoms with Crippen LogP contribution >= 0.6 is 11.8 Å². The van der Waals surface area contributed by atoms with Crippen LogP contribution in [0.25, 0.3) is 0 Å². The number of rotatable bonds is 8. The number of aliphatic carboxylic acids is 1. The molecule has 0 unspecified atom stereocenters. The number of amides is 1. The topological polar surface area (TPSA) is 85.2 Å². The summed E-state index contributed by atoms with van der Waals surface area (Å²) < 4.78 is 0. The predicted molar refractivity (Wildman–Crippen MR) is 99.6 cm³/mol. The second-order valence-corrected chi connectivity index (χ2v) is 6.91. The molecular weight excluding hydrogens is 338 g/mol. The lowest BCUT2D eigenvalue weighted by atomic mass is 10.1. The maximum atomic E-state index is 12.6. The molecule has 0 radical (unpaired) electrons. The van der Waals surface area contributed by atoms with Gasteiger partial charge in [0, 0.05) is 18.1 Å². The summed E-state index contributed by atoms with van der Waals surface area (Å²) in [6.45, 7) is 4.16. The molecule has 1 atom stereocenters. The number of anilines is 1. The Morgan fingerprint density at radius 2 is 1.84 bits per heavy atom. The molecule has 1 aliphatic heterocycles. The van der Waals surface area contributed by atoms with E-state index in [1.807, 2.05) is 18.2 Å². The number of carboxylic acid groups (broad SMARTS) is 1. The van der Waals surface area contributed by atoms with Crippen LogP contribution in [0.3, 0.4) is 0 Å². The van der Waals surface area contributed by atoms with E-state index in [-0.39, 0.29) is 12.3 Å². The first-order valence-corrected chi connectivity index (χ1v) is 9.33. The highest BCUT2D eigenvalue weighted by molar-refractivity contribution is 8.16. The van der Waals surface area contributed by atoms with Crippen molar-refractivity contribution in [3.8, 4) is 0 Å². The molecule has 1 heterocycles. The van der Waals surface area contributed by atoms with Gasteiger partial charge >= 0.3 is 0 Å². The first-order valence-electron chi connectivity index (χ1n) is 8.45. The number of carbonyl (C=O) groups is 2. The van der Waals surface area contributed by atoms with Crippen LogP contribution in [0.4, 0.5) is 5.69 Å². The van der Waals surface area contributed by atoms with Crippen LogP contribution in [0, 0.1) is 0 Å². The third-order valence-corrected chi connectivity index (χ3v) is 4.78. The van der Waals surface area contributed by atoms with E-state index >= 15 is 0 Å². The van der Waals surface area contributed by atoms with E-state index in [1.54, 1.807) is 12.1 Å². The largest absolute Gasteiger partial charge is 0.550 e. The van der Waals surface area contributed by atoms with Crippen LogP contribution in [-0.4, -0.2) is 28.0 Å². The van der Waals surface area contributed by atoms with E-state index in [1.165, 1.54) is 4.90 Å². The van der Waals surface area contributed by atoms with Crippen molar-refractivity contribution in [3.05, 3.63) is 30.3 Å². The Morgan fingerprint density at radius 3 is 2.40 bits per heavy atom. The number of para-hydroxylation sites is 1. The normalized spacial score (nSPS) is 18.6. The van der Waals surface area contributed by atoms with Crippen LogP contribution in [0.1, 0.15) is 46.0 Å². The van der Waals surface area contributed by atoms with Gasteiger partial charge in [0.05, 0.1) is 10.9 Å². The highest BCUT2D eigenvalue weighted by Crippen LogP contribution is 2.33. The molecular formula is C18H22N3O3S-. The second-order valence-electron chi connectivity index (χ2n) is 5.74. The van der Waals surface area contributed by atoms with Gasteiger partial charge in [0.15, 0.2) is 5.17 Å².